The second kappa shape index (κ2) is 8.04. The molecule has 4 rings (SSSR count). The molecule has 0 saturated carbocycles. The van der Waals surface area contributed by atoms with Gasteiger partial charge < -0.3 is 5.73 Å². The third kappa shape index (κ3) is 3.83. The number of carbonyl (C=O) groups excluding carboxylic acids is 2. The van der Waals surface area contributed by atoms with Gasteiger partial charge in [-0.2, -0.15) is 20.3 Å². The number of imide groups is 1. The van der Waals surface area contributed by atoms with Gasteiger partial charge in [0.2, 0.25) is 0 Å². The minimum absolute atomic E-state index is 0.325. The van der Waals surface area contributed by atoms with Crippen molar-refractivity contribution in [3.8, 4) is 11.1 Å². The van der Waals surface area contributed by atoms with E-state index in [2.05, 4.69) is 20.3 Å². The van der Waals surface area contributed by atoms with Gasteiger partial charge in [0.25, 0.3) is 11.8 Å². The van der Waals surface area contributed by atoms with Crippen LogP contribution < -0.4 is 5.73 Å². The van der Waals surface area contributed by atoms with Crippen LogP contribution in [-0.4, -0.2) is 33.6 Å². The molecule has 0 radical (unpaired) electrons. The standard InChI is InChI=1S/C22H18N6O2/c1-14-20(22(30)28(27-14)21(29)17-10-12-24-13-11-17)26-25-19-8-4-16(5-9-19)15-2-6-18(23)7-3-15/h2-13,20H,23H2,1H3/t20-/m1/s1. The Hall–Kier alpha value is -4.20. The molecule has 0 fully saturated rings. The fourth-order valence-corrected chi connectivity index (χ4v) is 2.97. The molecule has 0 aliphatic carbocycles. The molecule has 8 heteroatoms. The lowest BCUT2D eigenvalue weighted by atomic mass is 10.1. The van der Waals surface area contributed by atoms with E-state index in [1.165, 1.54) is 24.5 Å². The van der Waals surface area contributed by atoms with Crippen LogP contribution in [0, 0.1) is 0 Å². The monoisotopic (exact) mass is 398 g/mol. The molecule has 1 aliphatic heterocycles. The summed E-state index contributed by atoms with van der Waals surface area (Å²) in [5.41, 5.74) is 9.80. The fraction of sp³-hybridized carbons (Fsp3) is 0.0909. The van der Waals surface area contributed by atoms with E-state index in [1.807, 2.05) is 36.4 Å². The van der Waals surface area contributed by atoms with E-state index in [4.69, 9.17) is 5.73 Å². The SMILES string of the molecule is CC1=NN(C(=O)c2ccncc2)C(=O)[C@@H]1N=Nc1ccc(-c2ccc(N)cc2)cc1. The topological polar surface area (TPSA) is 113 Å². The Morgan fingerprint density at radius 3 is 2.20 bits per heavy atom. The lowest BCUT2D eigenvalue weighted by Crippen LogP contribution is -2.34. The molecule has 8 nitrogen and oxygen atoms in total. The highest BCUT2D eigenvalue weighted by atomic mass is 16.2. The van der Waals surface area contributed by atoms with Crippen molar-refractivity contribution >= 4 is 28.9 Å². The van der Waals surface area contributed by atoms with E-state index in [1.54, 1.807) is 19.1 Å². The number of hydrogen-bond donors (Lipinski definition) is 1. The molecule has 0 bridgehead atoms. The quantitative estimate of drug-likeness (QED) is 0.408. The maximum absolute atomic E-state index is 12.6. The smallest absolute Gasteiger partial charge is 0.282 e. The van der Waals surface area contributed by atoms with E-state index >= 15 is 0 Å². The van der Waals surface area contributed by atoms with Crippen molar-refractivity contribution in [3.05, 3.63) is 78.6 Å². The normalized spacial score (nSPS) is 16.2. The maximum atomic E-state index is 12.6. The number of rotatable bonds is 4. The number of nitrogen functional groups attached to an aromatic ring is 1. The summed E-state index contributed by atoms with van der Waals surface area (Å²) in [6.07, 6.45) is 2.96. The Labute approximate surface area is 172 Å². The fourth-order valence-electron chi connectivity index (χ4n) is 2.97. The summed E-state index contributed by atoms with van der Waals surface area (Å²) in [4.78, 5) is 29.0. The summed E-state index contributed by atoms with van der Waals surface area (Å²) in [6, 6.07) is 17.1. The number of azo groups is 1. The molecule has 0 spiro atoms. The van der Waals surface area contributed by atoms with Crippen molar-refractivity contribution in [2.75, 3.05) is 5.73 Å². The van der Waals surface area contributed by atoms with E-state index in [0.29, 0.717) is 22.6 Å². The highest BCUT2D eigenvalue weighted by Gasteiger charge is 2.38. The summed E-state index contributed by atoms with van der Waals surface area (Å²) < 4.78 is 0. The summed E-state index contributed by atoms with van der Waals surface area (Å²) >= 11 is 0. The number of amides is 2. The van der Waals surface area contributed by atoms with Gasteiger partial charge in [-0.25, -0.2) is 0 Å². The van der Waals surface area contributed by atoms with Crippen molar-refractivity contribution in [1.82, 2.24) is 9.99 Å². The zero-order valence-electron chi connectivity index (χ0n) is 16.1. The first kappa shape index (κ1) is 19.1. The largest absolute Gasteiger partial charge is 0.399 e. The lowest BCUT2D eigenvalue weighted by Gasteiger charge is -2.10. The Bertz CT molecular complexity index is 1140. The number of hydrogen-bond acceptors (Lipinski definition) is 7. The van der Waals surface area contributed by atoms with Crippen LogP contribution in [0.25, 0.3) is 11.1 Å². The van der Waals surface area contributed by atoms with Crippen LogP contribution in [0.1, 0.15) is 17.3 Å². The summed E-state index contributed by atoms with van der Waals surface area (Å²) in [7, 11) is 0. The van der Waals surface area contributed by atoms with Gasteiger partial charge in [0.15, 0.2) is 6.04 Å². The van der Waals surface area contributed by atoms with Crippen LogP contribution in [0.5, 0.6) is 0 Å². The number of nitrogens with zero attached hydrogens (tertiary/aromatic N) is 5. The predicted octanol–water partition coefficient (Wildman–Crippen LogP) is 3.84. The Morgan fingerprint density at radius 1 is 0.967 bits per heavy atom. The van der Waals surface area contributed by atoms with Gasteiger partial charge in [-0.15, -0.1) is 0 Å². The maximum Gasteiger partial charge on any atom is 0.282 e. The van der Waals surface area contributed by atoms with Crippen molar-refractivity contribution in [3.63, 3.8) is 0 Å². The molecule has 148 valence electrons. The molecule has 3 aromatic rings. The molecule has 2 N–H and O–H groups in total. The van der Waals surface area contributed by atoms with Crippen molar-refractivity contribution in [2.24, 2.45) is 15.3 Å². The van der Waals surface area contributed by atoms with Crippen molar-refractivity contribution in [1.29, 1.82) is 0 Å². The Kier molecular flexibility index (Phi) is 5.13. The lowest BCUT2D eigenvalue weighted by molar-refractivity contribution is -0.127. The first-order valence-electron chi connectivity index (χ1n) is 9.23. The Morgan fingerprint density at radius 2 is 1.57 bits per heavy atom. The average Bonchev–Trinajstić information content (AvgIpc) is 3.06. The zero-order valence-corrected chi connectivity index (χ0v) is 16.1. The van der Waals surface area contributed by atoms with Crippen molar-refractivity contribution < 1.29 is 9.59 Å². The van der Waals surface area contributed by atoms with Gasteiger partial charge in [0.05, 0.1) is 11.4 Å². The van der Waals surface area contributed by atoms with E-state index < -0.39 is 17.9 Å². The minimum Gasteiger partial charge on any atom is -0.399 e. The summed E-state index contributed by atoms with van der Waals surface area (Å²) in [5.74, 6) is -1.05. The van der Waals surface area contributed by atoms with Gasteiger partial charge >= 0.3 is 0 Å². The van der Waals surface area contributed by atoms with Crippen LogP contribution in [0.15, 0.2) is 88.4 Å². The summed E-state index contributed by atoms with van der Waals surface area (Å²) in [6.45, 7) is 1.64. The number of hydrazone groups is 1. The number of carbonyl (C=O) groups is 2. The van der Waals surface area contributed by atoms with Crippen LogP contribution in [-0.2, 0) is 4.79 Å². The zero-order chi connectivity index (χ0) is 21.1. The second-order valence-electron chi connectivity index (χ2n) is 6.72. The van der Waals surface area contributed by atoms with Gasteiger partial charge in [0, 0.05) is 23.6 Å². The van der Waals surface area contributed by atoms with E-state index in [9.17, 15) is 9.59 Å². The number of nitrogens with two attached hydrogens (primary N) is 1. The second-order valence-corrected chi connectivity index (χ2v) is 6.72. The summed E-state index contributed by atoms with van der Waals surface area (Å²) in [5, 5.41) is 13.2. The van der Waals surface area contributed by atoms with E-state index in [0.717, 1.165) is 16.1 Å². The molecular formula is C22H18N6O2. The van der Waals surface area contributed by atoms with Gasteiger partial charge in [-0.05, 0) is 54.4 Å². The van der Waals surface area contributed by atoms with E-state index in [-0.39, 0.29) is 0 Å². The molecular weight excluding hydrogens is 380 g/mol. The average molecular weight is 398 g/mol. The van der Waals surface area contributed by atoms with Crippen molar-refractivity contribution in [2.45, 2.75) is 13.0 Å². The molecule has 2 aromatic carbocycles. The van der Waals surface area contributed by atoms with Crippen LogP contribution >= 0.6 is 0 Å². The molecule has 0 saturated heterocycles. The molecule has 1 aliphatic rings. The minimum atomic E-state index is -0.924. The van der Waals surface area contributed by atoms with Crippen LogP contribution in [0.4, 0.5) is 11.4 Å². The first-order valence-corrected chi connectivity index (χ1v) is 9.23. The van der Waals surface area contributed by atoms with Crippen LogP contribution in [0.2, 0.25) is 0 Å². The highest BCUT2D eigenvalue weighted by molar-refractivity contribution is 6.18. The number of anilines is 1. The van der Waals surface area contributed by atoms with Crippen LogP contribution in [0.3, 0.4) is 0 Å². The molecule has 2 amide bonds. The molecule has 1 atom stereocenters. The molecule has 2 heterocycles. The van der Waals surface area contributed by atoms with Gasteiger partial charge in [-0.3, -0.25) is 14.6 Å². The number of pyridine rings is 1. The first-order chi connectivity index (χ1) is 14.5. The van der Waals surface area contributed by atoms with Gasteiger partial charge in [0.1, 0.15) is 0 Å². The number of benzene rings is 2. The van der Waals surface area contributed by atoms with Gasteiger partial charge in [-0.1, -0.05) is 24.3 Å². The molecule has 30 heavy (non-hydrogen) atoms. The predicted molar refractivity (Wildman–Crippen MR) is 113 cm³/mol. The third-order valence-electron chi connectivity index (χ3n) is 4.62. The molecule has 0 unspecified atom stereocenters. The highest BCUT2D eigenvalue weighted by Crippen LogP contribution is 2.24. The third-order valence-corrected chi connectivity index (χ3v) is 4.62. The number of aromatic nitrogens is 1. The Balaban J connectivity index is 1.47. The molecule has 1 aromatic heterocycles.